The molecular formula is C14H17Cl2N3O2. The normalized spacial score (nSPS) is 9.00. The van der Waals surface area contributed by atoms with Crippen LogP contribution >= 0.6 is 24.8 Å². The van der Waals surface area contributed by atoms with Gasteiger partial charge in [-0.3, -0.25) is 4.79 Å². The molecule has 0 radical (unpaired) electrons. The molecule has 0 aliphatic heterocycles. The van der Waals surface area contributed by atoms with Crippen molar-refractivity contribution in [2.45, 2.75) is 6.92 Å². The number of hydrogen-bond acceptors (Lipinski definition) is 4. The van der Waals surface area contributed by atoms with E-state index in [1.807, 2.05) is 0 Å². The lowest BCUT2D eigenvalue weighted by Gasteiger charge is -2.13. The van der Waals surface area contributed by atoms with Gasteiger partial charge in [0.25, 0.3) is 0 Å². The molecule has 5 nitrogen and oxygen atoms in total. The van der Waals surface area contributed by atoms with Crippen molar-refractivity contribution in [1.29, 1.82) is 0 Å². The molecule has 21 heavy (non-hydrogen) atoms. The quantitative estimate of drug-likeness (QED) is 0.512. The first-order valence-electron chi connectivity index (χ1n) is 5.78. The number of rotatable bonds is 3. The second-order valence-corrected chi connectivity index (χ2v) is 4.16. The zero-order valence-corrected chi connectivity index (χ0v) is 12.9. The molecule has 0 aromatic heterocycles. The fraction of sp³-hybridized carbons (Fsp3) is 0.0714. The number of nitrogens with one attached hydrogen (secondary N) is 2. The fourth-order valence-corrected chi connectivity index (χ4v) is 1.66. The summed E-state index contributed by atoms with van der Waals surface area (Å²) >= 11 is 0. The van der Waals surface area contributed by atoms with Gasteiger partial charge in [0.05, 0.1) is 11.4 Å². The van der Waals surface area contributed by atoms with E-state index >= 15 is 0 Å². The average Bonchev–Trinajstić information content (AvgIpc) is 2.34. The molecule has 0 aliphatic carbocycles. The first kappa shape index (κ1) is 18.9. The topological polar surface area (TPSA) is 87.4 Å². The van der Waals surface area contributed by atoms with Gasteiger partial charge in [-0.15, -0.1) is 24.8 Å². The van der Waals surface area contributed by atoms with Crippen LogP contribution in [0.15, 0.2) is 42.5 Å². The molecule has 1 amide bonds. The zero-order valence-electron chi connectivity index (χ0n) is 11.3. The molecule has 0 saturated carbocycles. The number of halogens is 2. The van der Waals surface area contributed by atoms with E-state index in [1.54, 1.807) is 42.5 Å². The van der Waals surface area contributed by atoms with Gasteiger partial charge in [-0.2, -0.15) is 0 Å². The third-order valence-corrected chi connectivity index (χ3v) is 2.50. The van der Waals surface area contributed by atoms with Crippen molar-refractivity contribution < 1.29 is 9.90 Å². The minimum atomic E-state index is -0.167. The van der Waals surface area contributed by atoms with Crippen LogP contribution in [0.1, 0.15) is 6.92 Å². The Kier molecular flexibility index (Phi) is 7.41. The Morgan fingerprint density at radius 3 is 2.24 bits per heavy atom. The summed E-state index contributed by atoms with van der Waals surface area (Å²) in [4.78, 5) is 11.2. The van der Waals surface area contributed by atoms with Gasteiger partial charge in [0.1, 0.15) is 5.75 Å². The van der Waals surface area contributed by atoms with E-state index in [0.29, 0.717) is 11.4 Å². The molecule has 2 rings (SSSR count). The number of carbonyl (C=O) groups excluding carboxylic acids is 1. The number of carbonyl (C=O) groups is 1. The Balaban J connectivity index is 0.00000200. The molecule has 114 valence electrons. The second-order valence-electron chi connectivity index (χ2n) is 4.16. The second kappa shape index (κ2) is 8.24. The Labute approximate surface area is 135 Å². The molecule has 0 fully saturated rings. The smallest absolute Gasteiger partial charge is 0.221 e. The van der Waals surface area contributed by atoms with Crippen LogP contribution in [-0.4, -0.2) is 11.0 Å². The summed E-state index contributed by atoms with van der Waals surface area (Å²) in [5.41, 5.74) is 8.42. The highest BCUT2D eigenvalue weighted by molar-refractivity contribution is 5.94. The third kappa shape index (κ3) is 5.41. The molecule has 0 aliphatic rings. The molecule has 0 atom stereocenters. The molecule has 0 saturated heterocycles. The van der Waals surface area contributed by atoms with Gasteiger partial charge in [-0.05, 0) is 42.5 Å². The summed E-state index contributed by atoms with van der Waals surface area (Å²) in [6.07, 6.45) is 0. The van der Waals surface area contributed by atoms with Crippen molar-refractivity contribution in [2.24, 2.45) is 0 Å². The van der Waals surface area contributed by atoms with Crippen LogP contribution < -0.4 is 16.4 Å². The third-order valence-electron chi connectivity index (χ3n) is 2.50. The monoisotopic (exact) mass is 329 g/mol. The van der Waals surface area contributed by atoms with Crippen molar-refractivity contribution >= 4 is 53.5 Å². The number of phenolic OH excluding ortho intramolecular Hbond substituents is 1. The highest BCUT2D eigenvalue weighted by atomic mass is 35.5. The minimum absolute atomic E-state index is 0. The molecular weight excluding hydrogens is 313 g/mol. The summed E-state index contributed by atoms with van der Waals surface area (Å²) in [7, 11) is 0. The van der Waals surface area contributed by atoms with E-state index < -0.39 is 0 Å². The fourth-order valence-electron chi connectivity index (χ4n) is 1.66. The largest absolute Gasteiger partial charge is 0.508 e. The zero-order chi connectivity index (χ0) is 13.8. The van der Waals surface area contributed by atoms with E-state index in [0.717, 1.165) is 11.4 Å². The SMILES string of the molecule is CC(=O)Nc1cc(N)ccc1Nc1ccc(O)cc1.Cl.Cl. The first-order chi connectivity index (χ1) is 9.04. The molecule has 0 heterocycles. The molecule has 7 heteroatoms. The number of nitrogen functional groups attached to an aromatic ring is 1. The maximum Gasteiger partial charge on any atom is 0.221 e. The van der Waals surface area contributed by atoms with Crippen LogP contribution in [0.2, 0.25) is 0 Å². The average molecular weight is 330 g/mol. The number of nitrogens with two attached hydrogens (primary N) is 1. The van der Waals surface area contributed by atoms with Gasteiger partial charge in [-0.1, -0.05) is 0 Å². The maximum atomic E-state index is 11.2. The van der Waals surface area contributed by atoms with Crippen LogP contribution in [0.3, 0.4) is 0 Å². The predicted octanol–water partition coefficient (Wildman–Crippen LogP) is 3.52. The van der Waals surface area contributed by atoms with Gasteiger partial charge < -0.3 is 21.5 Å². The molecule has 0 spiro atoms. The molecule has 5 N–H and O–H groups in total. The highest BCUT2D eigenvalue weighted by Crippen LogP contribution is 2.28. The first-order valence-corrected chi connectivity index (χ1v) is 5.78. The summed E-state index contributed by atoms with van der Waals surface area (Å²) < 4.78 is 0. The lowest BCUT2D eigenvalue weighted by molar-refractivity contribution is -0.114. The van der Waals surface area contributed by atoms with Crippen molar-refractivity contribution in [3.05, 3.63) is 42.5 Å². The number of amides is 1. The molecule has 0 unspecified atom stereocenters. The van der Waals surface area contributed by atoms with E-state index in [-0.39, 0.29) is 36.5 Å². The van der Waals surface area contributed by atoms with Crippen molar-refractivity contribution in [3.8, 4) is 5.75 Å². The minimum Gasteiger partial charge on any atom is -0.508 e. The molecule has 2 aromatic rings. The van der Waals surface area contributed by atoms with Crippen LogP contribution in [0.25, 0.3) is 0 Å². The highest BCUT2D eigenvalue weighted by Gasteiger charge is 2.05. The summed E-state index contributed by atoms with van der Waals surface area (Å²) in [5.74, 6) is 0.0318. The summed E-state index contributed by atoms with van der Waals surface area (Å²) in [6, 6.07) is 11.9. The lowest BCUT2D eigenvalue weighted by atomic mass is 10.2. The summed E-state index contributed by atoms with van der Waals surface area (Å²) in [6.45, 7) is 1.44. The van der Waals surface area contributed by atoms with Gasteiger partial charge in [0.2, 0.25) is 5.91 Å². The predicted molar refractivity (Wildman–Crippen MR) is 91.0 cm³/mol. The van der Waals surface area contributed by atoms with Crippen LogP contribution in [0.5, 0.6) is 5.75 Å². The van der Waals surface area contributed by atoms with Crippen LogP contribution in [0, 0.1) is 0 Å². The number of hydrogen-bond donors (Lipinski definition) is 4. The van der Waals surface area contributed by atoms with Crippen molar-refractivity contribution in [2.75, 3.05) is 16.4 Å². The van der Waals surface area contributed by atoms with E-state index in [4.69, 9.17) is 5.73 Å². The lowest BCUT2D eigenvalue weighted by Crippen LogP contribution is -2.08. The molecule has 0 bridgehead atoms. The van der Waals surface area contributed by atoms with Gasteiger partial charge in [0.15, 0.2) is 0 Å². The Hall–Kier alpha value is -2.11. The van der Waals surface area contributed by atoms with Gasteiger partial charge in [-0.25, -0.2) is 0 Å². The number of phenols is 1. The van der Waals surface area contributed by atoms with E-state index in [2.05, 4.69) is 10.6 Å². The van der Waals surface area contributed by atoms with Gasteiger partial charge >= 0.3 is 0 Å². The Morgan fingerprint density at radius 1 is 1.05 bits per heavy atom. The number of aromatic hydroxyl groups is 1. The maximum absolute atomic E-state index is 11.2. The number of anilines is 4. The summed E-state index contributed by atoms with van der Waals surface area (Å²) in [5, 5.41) is 15.1. The van der Waals surface area contributed by atoms with E-state index in [9.17, 15) is 9.90 Å². The van der Waals surface area contributed by atoms with E-state index in [1.165, 1.54) is 6.92 Å². The van der Waals surface area contributed by atoms with Gasteiger partial charge in [0, 0.05) is 18.3 Å². The van der Waals surface area contributed by atoms with Crippen LogP contribution in [0.4, 0.5) is 22.7 Å². The number of benzene rings is 2. The Morgan fingerprint density at radius 2 is 1.67 bits per heavy atom. The van der Waals surface area contributed by atoms with Crippen molar-refractivity contribution in [1.82, 2.24) is 0 Å². The van der Waals surface area contributed by atoms with Crippen molar-refractivity contribution in [3.63, 3.8) is 0 Å². The van der Waals surface area contributed by atoms with Crippen LogP contribution in [-0.2, 0) is 4.79 Å². The standard InChI is InChI=1S/C14H15N3O2.2ClH/c1-9(18)16-14-8-10(15)2-7-13(14)17-11-3-5-12(19)6-4-11;;/h2-8,17,19H,15H2,1H3,(H,16,18);2*1H. The Bertz CT molecular complexity index is 604. The molecule has 2 aromatic carbocycles.